The molecule has 1 saturated heterocycles. The fraction of sp³-hybridized carbons (Fsp3) is 0.333. The Labute approximate surface area is 71.1 Å². The van der Waals surface area contributed by atoms with Crippen molar-refractivity contribution in [3.63, 3.8) is 0 Å². The van der Waals surface area contributed by atoms with E-state index in [1.165, 1.54) is 0 Å². The molecule has 12 heavy (non-hydrogen) atoms. The monoisotopic (exact) mass is 165 g/mol. The number of hydrogen-bond acceptors (Lipinski definition) is 2. The first kappa shape index (κ1) is 8.71. The Morgan fingerprint density at radius 2 is 2.08 bits per heavy atom. The number of hydrogen-bond donors (Lipinski definition) is 1. The molecule has 3 nitrogen and oxygen atoms in total. The van der Waals surface area contributed by atoms with Gasteiger partial charge in [-0.15, -0.1) is 0 Å². The Morgan fingerprint density at radius 3 is 2.58 bits per heavy atom. The van der Waals surface area contributed by atoms with Gasteiger partial charge in [0.1, 0.15) is 0 Å². The molecule has 0 atom stereocenters. The lowest BCUT2D eigenvalue weighted by molar-refractivity contribution is -0.133. The second kappa shape index (κ2) is 3.34. The third-order valence-electron chi connectivity index (χ3n) is 1.69. The smallest absolute Gasteiger partial charge is 0.296 e. The van der Waals surface area contributed by atoms with Crippen molar-refractivity contribution in [3.8, 4) is 0 Å². The van der Waals surface area contributed by atoms with Crippen molar-refractivity contribution in [3.05, 3.63) is 23.4 Å². The number of allylic oxidation sites excluding steroid dienone is 3. The summed E-state index contributed by atoms with van der Waals surface area (Å²) in [5.74, 6) is -0.958. The molecule has 64 valence electrons. The van der Waals surface area contributed by atoms with Gasteiger partial charge in [0.15, 0.2) is 0 Å². The van der Waals surface area contributed by atoms with Gasteiger partial charge in [-0.3, -0.25) is 9.59 Å². The van der Waals surface area contributed by atoms with Gasteiger partial charge in [-0.2, -0.15) is 0 Å². The van der Waals surface area contributed by atoms with Crippen LogP contribution in [-0.4, -0.2) is 11.7 Å². The lowest BCUT2D eigenvalue weighted by Crippen LogP contribution is -2.17. The Balaban J connectivity index is 3.02. The molecule has 0 bridgehead atoms. The molecule has 0 aromatic rings. The predicted molar refractivity (Wildman–Crippen MR) is 45.3 cm³/mol. The molecule has 0 unspecified atom stereocenters. The van der Waals surface area contributed by atoms with E-state index >= 15 is 0 Å². The molecule has 0 saturated carbocycles. The van der Waals surface area contributed by atoms with Crippen LogP contribution in [0.1, 0.15) is 20.3 Å². The largest absolute Gasteiger partial charge is 0.319 e. The normalized spacial score (nSPS) is 23.8. The molecule has 0 aromatic carbocycles. The fourth-order valence-electron chi connectivity index (χ4n) is 1.14. The highest BCUT2D eigenvalue weighted by atomic mass is 16.2. The summed E-state index contributed by atoms with van der Waals surface area (Å²) in [6.45, 7) is 3.70. The summed E-state index contributed by atoms with van der Waals surface area (Å²) in [5, 5.41) is 2.51. The zero-order valence-corrected chi connectivity index (χ0v) is 7.18. The van der Waals surface area contributed by atoms with Gasteiger partial charge in [-0.05, 0) is 13.3 Å². The number of Topliss-reactive ketones (excluding diaryl/α,β-unsaturated/α-hetero) is 1. The number of ketones is 1. The standard InChI is InChI=1S/C9H11NO2/c1-3-5-7-6(4-2)8(11)9(12)10-7/h4-5H,3H2,1-2H3,(H,10,12)/b6-4+,7-5+. The summed E-state index contributed by atoms with van der Waals surface area (Å²) in [6, 6.07) is 0. The Bertz CT molecular complexity index is 287. The third-order valence-corrected chi connectivity index (χ3v) is 1.69. The van der Waals surface area contributed by atoms with Crippen molar-refractivity contribution in [1.82, 2.24) is 5.32 Å². The van der Waals surface area contributed by atoms with Crippen molar-refractivity contribution in [1.29, 1.82) is 0 Å². The minimum Gasteiger partial charge on any atom is -0.319 e. The van der Waals surface area contributed by atoms with Crippen LogP contribution in [0.4, 0.5) is 0 Å². The molecule has 3 heteroatoms. The van der Waals surface area contributed by atoms with E-state index in [2.05, 4.69) is 5.32 Å². The van der Waals surface area contributed by atoms with Crippen LogP contribution in [-0.2, 0) is 9.59 Å². The van der Waals surface area contributed by atoms with Gasteiger partial charge in [-0.1, -0.05) is 19.1 Å². The average Bonchev–Trinajstić information content (AvgIpc) is 2.29. The van der Waals surface area contributed by atoms with Crippen LogP contribution in [0.25, 0.3) is 0 Å². The molecule has 1 amide bonds. The van der Waals surface area contributed by atoms with E-state index in [1.807, 2.05) is 13.0 Å². The Morgan fingerprint density at radius 1 is 1.42 bits per heavy atom. The van der Waals surface area contributed by atoms with Crippen LogP contribution in [0, 0.1) is 0 Å². The number of carbonyl (C=O) groups is 2. The minimum atomic E-state index is -0.525. The van der Waals surface area contributed by atoms with Crippen LogP contribution >= 0.6 is 0 Å². The molecule has 1 aliphatic heterocycles. The molecule has 1 aliphatic rings. The van der Waals surface area contributed by atoms with E-state index in [9.17, 15) is 9.59 Å². The summed E-state index contributed by atoms with van der Waals surface area (Å²) in [7, 11) is 0. The number of amides is 1. The van der Waals surface area contributed by atoms with Crippen LogP contribution in [0.5, 0.6) is 0 Å². The third kappa shape index (κ3) is 1.30. The number of rotatable bonds is 1. The van der Waals surface area contributed by atoms with Crippen LogP contribution < -0.4 is 5.32 Å². The SMILES string of the molecule is C/C=C1/C(=O)C(=O)N/C1=C/CC. The van der Waals surface area contributed by atoms with E-state index in [-0.39, 0.29) is 0 Å². The van der Waals surface area contributed by atoms with Crippen LogP contribution in [0.3, 0.4) is 0 Å². The van der Waals surface area contributed by atoms with Crippen molar-refractivity contribution in [2.24, 2.45) is 0 Å². The summed E-state index contributed by atoms with van der Waals surface area (Å²) < 4.78 is 0. The molecule has 0 aromatic heterocycles. The number of carbonyl (C=O) groups excluding carboxylic acids is 2. The van der Waals surface area contributed by atoms with E-state index in [4.69, 9.17) is 0 Å². The summed E-state index contributed by atoms with van der Waals surface area (Å²) in [4.78, 5) is 22.0. The Hall–Kier alpha value is -1.38. The molecule has 1 N–H and O–H groups in total. The quantitative estimate of drug-likeness (QED) is 0.464. The average molecular weight is 165 g/mol. The van der Waals surface area contributed by atoms with Crippen LogP contribution in [0.15, 0.2) is 23.4 Å². The Kier molecular flexibility index (Phi) is 2.43. The molecule has 1 rings (SSSR count). The fourth-order valence-corrected chi connectivity index (χ4v) is 1.14. The van der Waals surface area contributed by atoms with Gasteiger partial charge in [0, 0.05) is 11.3 Å². The molecule has 0 aliphatic carbocycles. The van der Waals surface area contributed by atoms with E-state index < -0.39 is 11.7 Å². The predicted octanol–water partition coefficient (Wildman–Crippen LogP) is 0.925. The molecular weight excluding hydrogens is 154 g/mol. The van der Waals surface area contributed by atoms with Gasteiger partial charge in [0.25, 0.3) is 11.7 Å². The molecule has 1 heterocycles. The first-order valence-corrected chi connectivity index (χ1v) is 3.93. The first-order valence-electron chi connectivity index (χ1n) is 3.93. The maximum atomic E-state index is 11.1. The topological polar surface area (TPSA) is 46.2 Å². The summed E-state index contributed by atoms with van der Waals surface area (Å²) in [6.07, 6.45) is 4.29. The highest BCUT2D eigenvalue weighted by Gasteiger charge is 2.29. The summed E-state index contributed by atoms with van der Waals surface area (Å²) in [5.41, 5.74) is 1.14. The molecule has 1 fully saturated rings. The van der Waals surface area contributed by atoms with E-state index in [1.54, 1.807) is 13.0 Å². The maximum absolute atomic E-state index is 11.1. The van der Waals surface area contributed by atoms with Crippen molar-refractivity contribution < 1.29 is 9.59 Å². The molecule has 0 radical (unpaired) electrons. The van der Waals surface area contributed by atoms with Gasteiger partial charge < -0.3 is 5.32 Å². The lowest BCUT2D eigenvalue weighted by Gasteiger charge is -1.94. The second-order valence-corrected chi connectivity index (χ2v) is 2.51. The maximum Gasteiger partial charge on any atom is 0.296 e. The molecule has 0 spiro atoms. The van der Waals surface area contributed by atoms with Crippen molar-refractivity contribution in [2.75, 3.05) is 0 Å². The zero-order chi connectivity index (χ0) is 9.14. The van der Waals surface area contributed by atoms with Gasteiger partial charge >= 0.3 is 0 Å². The van der Waals surface area contributed by atoms with Gasteiger partial charge in [0.05, 0.1) is 0 Å². The zero-order valence-electron chi connectivity index (χ0n) is 7.18. The summed E-state index contributed by atoms with van der Waals surface area (Å²) >= 11 is 0. The van der Waals surface area contributed by atoms with Crippen molar-refractivity contribution >= 4 is 11.7 Å². The van der Waals surface area contributed by atoms with Crippen molar-refractivity contribution in [2.45, 2.75) is 20.3 Å². The minimum absolute atomic E-state index is 0.433. The molecular formula is C9H11NO2. The highest BCUT2D eigenvalue weighted by Crippen LogP contribution is 2.15. The van der Waals surface area contributed by atoms with Gasteiger partial charge in [-0.25, -0.2) is 0 Å². The van der Waals surface area contributed by atoms with Crippen LogP contribution in [0.2, 0.25) is 0 Å². The highest BCUT2D eigenvalue weighted by molar-refractivity contribution is 6.47. The lowest BCUT2D eigenvalue weighted by atomic mass is 10.1. The van der Waals surface area contributed by atoms with Gasteiger partial charge in [0.2, 0.25) is 0 Å². The number of nitrogens with one attached hydrogen (secondary N) is 1. The van der Waals surface area contributed by atoms with E-state index in [0.717, 1.165) is 6.42 Å². The first-order chi connectivity index (χ1) is 5.70. The second-order valence-electron chi connectivity index (χ2n) is 2.51. The van der Waals surface area contributed by atoms with E-state index in [0.29, 0.717) is 11.3 Å².